The number of amidine groups is 1. The molecule has 2 rings (SSSR count). The number of nitrogens with zero attached hydrogens (tertiary/aromatic N) is 1. The van der Waals surface area contributed by atoms with Gasteiger partial charge in [0, 0.05) is 6.54 Å². The first kappa shape index (κ1) is 10.0. The fourth-order valence-corrected chi connectivity index (χ4v) is 2.06. The first-order chi connectivity index (χ1) is 7.36. The molecule has 0 aliphatic carbocycles. The summed E-state index contributed by atoms with van der Waals surface area (Å²) in [5, 5.41) is 3.28. The topological polar surface area (TPSA) is 24.4 Å². The van der Waals surface area contributed by atoms with E-state index in [1.165, 1.54) is 11.1 Å². The third-order valence-electron chi connectivity index (χ3n) is 2.76. The summed E-state index contributed by atoms with van der Waals surface area (Å²) in [4.78, 5) is 4.53. The van der Waals surface area contributed by atoms with Crippen molar-refractivity contribution in [3.05, 3.63) is 41.2 Å². The van der Waals surface area contributed by atoms with Crippen LogP contribution in [0.1, 0.15) is 19.8 Å². The van der Waals surface area contributed by atoms with E-state index in [0.717, 1.165) is 37.3 Å². The third-order valence-corrected chi connectivity index (χ3v) is 2.76. The maximum absolute atomic E-state index is 4.53. The van der Waals surface area contributed by atoms with E-state index in [4.69, 9.17) is 0 Å². The summed E-state index contributed by atoms with van der Waals surface area (Å²) >= 11 is 0. The fraction of sp³-hybridized carbons (Fsp3) is 0.385. The molecule has 2 heteroatoms. The molecule has 2 nitrogen and oxygen atoms in total. The molecule has 0 bridgehead atoms. The predicted molar refractivity (Wildman–Crippen MR) is 64.0 cm³/mol. The van der Waals surface area contributed by atoms with Gasteiger partial charge in [-0.05, 0) is 30.1 Å². The van der Waals surface area contributed by atoms with E-state index in [9.17, 15) is 0 Å². The lowest BCUT2D eigenvalue weighted by atomic mass is 9.92. The lowest BCUT2D eigenvalue weighted by molar-refractivity contribution is 0.918. The van der Waals surface area contributed by atoms with Crippen molar-refractivity contribution >= 4 is 5.84 Å². The van der Waals surface area contributed by atoms with E-state index in [2.05, 4.69) is 29.5 Å². The third kappa shape index (κ3) is 1.81. The van der Waals surface area contributed by atoms with Gasteiger partial charge in [-0.1, -0.05) is 13.0 Å². The average Bonchev–Trinajstić information content (AvgIpc) is 2.29. The quantitative estimate of drug-likeness (QED) is 0.549. The number of hydrogen-bond acceptors (Lipinski definition) is 2. The summed E-state index contributed by atoms with van der Waals surface area (Å²) in [7, 11) is 0. The van der Waals surface area contributed by atoms with Gasteiger partial charge in [0.05, 0.1) is 12.1 Å². The molecule has 2 aliphatic heterocycles. The van der Waals surface area contributed by atoms with Crippen LogP contribution in [0.25, 0.3) is 0 Å². The van der Waals surface area contributed by atoms with Crippen LogP contribution in [0.4, 0.5) is 0 Å². The molecule has 0 unspecified atom stereocenters. The summed E-state index contributed by atoms with van der Waals surface area (Å²) in [5.74, 6) is 1.02. The Hall–Kier alpha value is -1.53. The minimum absolute atomic E-state index is 0.808. The van der Waals surface area contributed by atoms with Crippen molar-refractivity contribution in [1.29, 1.82) is 0 Å². The van der Waals surface area contributed by atoms with Gasteiger partial charge in [-0.2, -0.15) is 0 Å². The lowest BCUT2D eigenvalue weighted by Crippen LogP contribution is -2.31. The van der Waals surface area contributed by atoms with Gasteiger partial charge in [0.25, 0.3) is 0 Å². The van der Waals surface area contributed by atoms with E-state index < -0.39 is 0 Å². The molecule has 0 aromatic rings. The van der Waals surface area contributed by atoms with Gasteiger partial charge in [-0.15, -0.1) is 12.3 Å². The molecule has 1 N–H and O–H groups in total. The van der Waals surface area contributed by atoms with E-state index in [-0.39, 0.29) is 0 Å². The maximum atomic E-state index is 4.53. The van der Waals surface area contributed by atoms with Crippen LogP contribution in [-0.4, -0.2) is 18.9 Å². The number of nitrogens with one attached hydrogen (secondary N) is 1. The highest BCUT2D eigenvalue weighted by atomic mass is 15.0. The van der Waals surface area contributed by atoms with Crippen LogP contribution in [0.3, 0.4) is 0 Å². The highest BCUT2D eigenvalue weighted by Crippen LogP contribution is 2.26. The van der Waals surface area contributed by atoms with Crippen LogP contribution in [0.5, 0.6) is 0 Å². The zero-order chi connectivity index (χ0) is 10.7. The monoisotopic (exact) mass is 200 g/mol. The summed E-state index contributed by atoms with van der Waals surface area (Å²) in [5.41, 5.74) is 7.25. The second-order valence-corrected chi connectivity index (χ2v) is 3.70. The standard InChI is InChI=1S/C13H16N2/c1-3-6-10-9-15-13-12(11(10)4-2)7-5-8-14-13/h3,5H,1,4,6,8-9H2,2H3,(H,14,15). The Labute approximate surface area is 90.8 Å². The highest BCUT2D eigenvalue weighted by molar-refractivity contribution is 6.03. The normalized spacial score (nSPS) is 19.0. The van der Waals surface area contributed by atoms with Gasteiger partial charge in [-0.25, -0.2) is 0 Å². The molecule has 0 saturated heterocycles. The Kier molecular flexibility index (Phi) is 2.89. The van der Waals surface area contributed by atoms with Gasteiger partial charge >= 0.3 is 0 Å². The smallest absolute Gasteiger partial charge is 0.137 e. The summed E-state index contributed by atoms with van der Waals surface area (Å²) in [6.45, 7) is 7.63. The van der Waals surface area contributed by atoms with E-state index in [1.807, 2.05) is 12.2 Å². The molecule has 15 heavy (non-hydrogen) atoms. The Balaban J connectivity index is 2.43. The Morgan fingerprint density at radius 2 is 2.53 bits per heavy atom. The van der Waals surface area contributed by atoms with Crippen molar-refractivity contribution in [2.75, 3.05) is 13.1 Å². The van der Waals surface area contributed by atoms with Crippen LogP contribution in [0.2, 0.25) is 0 Å². The van der Waals surface area contributed by atoms with Crippen LogP contribution in [0.15, 0.2) is 46.2 Å². The molecule has 0 aromatic carbocycles. The zero-order valence-corrected chi connectivity index (χ0v) is 9.14. The number of dihydropyridines is 1. The van der Waals surface area contributed by atoms with Crippen LogP contribution in [-0.2, 0) is 0 Å². The van der Waals surface area contributed by atoms with Crippen molar-refractivity contribution in [2.45, 2.75) is 19.8 Å². The molecular weight excluding hydrogens is 184 g/mol. The molecule has 0 saturated carbocycles. The molecule has 0 amide bonds. The minimum atomic E-state index is 0.808. The van der Waals surface area contributed by atoms with Crippen molar-refractivity contribution in [2.24, 2.45) is 4.99 Å². The van der Waals surface area contributed by atoms with Crippen molar-refractivity contribution in [3.8, 4) is 0 Å². The minimum Gasteiger partial charge on any atom is -0.365 e. The SMILES string of the molecule is C=CCC1=C(CC)C2=C=CCNC2=NC1. The molecule has 78 valence electrons. The van der Waals surface area contributed by atoms with Gasteiger partial charge < -0.3 is 5.32 Å². The van der Waals surface area contributed by atoms with E-state index >= 15 is 0 Å². The first-order valence-corrected chi connectivity index (χ1v) is 5.42. The van der Waals surface area contributed by atoms with Crippen LogP contribution < -0.4 is 5.32 Å². The Bertz CT molecular complexity index is 404. The second-order valence-electron chi connectivity index (χ2n) is 3.70. The molecule has 0 fully saturated rings. The Morgan fingerprint density at radius 3 is 3.27 bits per heavy atom. The molecule has 0 spiro atoms. The van der Waals surface area contributed by atoms with Gasteiger partial charge in [0.15, 0.2) is 0 Å². The largest absolute Gasteiger partial charge is 0.365 e. The van der Waals surface area contributed by atoms with Crippen LogP contribution >= 0.6 is 0 Å². The van der Waals surface area contributed by atoms with E-state index in [1.54, 1.807) is 0 Å². The van der Waals surface area contributed by atoms with Crippen molar-refractivity contribution in [3.63, 3.8) is 0 Å². The highest BCUT2D eigenvalue weighted by Gasteiger charge is 2.19. The van der Waals surface area contributed by atoms with Gasteiger partial charge in [0.2, 0.25) is 0 Å². The van der Waals surface area contributed by atoms with Gasteiger partial charge in [-0.3, -0.25) is 4.99 Å². The number of allylic oxidation sites excluding steroid dienone is 1. The number of fused-ring (bicyclic) bond motifs is 1. The second kappa shape index (κ2) is 4.33. The Morgan fingerprint density at radius 1 is 1.67 bits per heavy atom. The number of aliphatic imine (C=N–C) groups is 1. The number of rotatable bonds is 3. The molecule has 2 aliphatic rings. The summed E-state index contributed by atoms with van der Waals surface area (Å²) < 4.78 is 0. The molecule has 0 aromatic heterocycles. The molecule has 0 radical (unpaired) electrons. The van der Waals surface area contributed by atoms with Crippen molar-refractivity contribution < 1.29 is 0 Å². The first-order valence-electron chi connectivity index (χ1n) is 5.42. The fourth-order valence-electron chi connectivity index (χ4n) is 2.06. The lowest BCUT2D eigenvalue weighted by Gasteiger charge is -2.23. The average molecular weight is 200 g/mol. The summed E-state index contributed by atoms with van der Waals surface area (Å²) in [6.07, 6.45) is 5.96. The molecule has 2 heterocycles. The maximum Gasteiger partial charge on any atom is 0.137 e. The molecule has 0 atom stereocenters. The molecular formula is C13H16N2. The predicted octanol–water partition coefficient (Wildman–Crippen LogP) is 2.37. The zero-order valence-electron chi connectivity index (χ0n) is 9.14. The number of hydrogen-bond donors (Lipinski definition) is 1. The van der Waals surface area contributed by atoms with Crippen molar-refractivity contribution in [1.82, 2.24) is 5.32 Å². The van der Waals surface area contributed by atoms with E-state index in [0.29, 0.717) is 0 Å². The summed E-state index contributed by atoms with van der Waals surface area (Å²) in [6, 6.07) is 0. The van der Waals surface area contributed by atoms with Crippen LogP contribution in [0, 0.1) is 0 Å². The van der Waals surface area contributed by atoms with Gasteiger partial charge in [0.1, 0.15) is 5.84 Å².